The van der Waals surface area contributed by atoms with Crippen LogP contribution in [0, 0.1) is 0 Å². The third-order valence-electron chi connectivity index (χ3n) is 4.14. The van der Waals surface area contributed by atoms with Crippen LogP contribution in [0.2, 0.25) is 0 Å². The Balaban J connectivity index is 2.01. The topological polar surface area (TPSA) is 46.6 Å². The minimum atomic E-state index is -3.11. The van der Waals surface area contributed by atoms with Gasteiger partial charge in [0.1, 0.15) is 0 Å². The van der Waals surface area contributed by atoms with E-state index in [9.17, 15) is 8.42 Å². The molecule has 0 spiro atoms. The maximum absolute atomic E-state index is 11.5. The van der Waals surface area contributed by atoms with Crippen molar-refractivity contribution in [1.29, 1.82) is 0 Å². The standard InChI is InChI=1S/C16H25NO3S/c1-20-12-10-15-5-3-4-11-17(15)13-14-6-8-16(9-7-14)21(2,18)19/h6-9,15H,3-5,10-13H2,1-2H3/t15-/m1/s1. The predicted molar refractivity (Wildman–Crippen MR) is 84.1 cm³/mol. The molecule has 1 heterocycles. The number of hydrogen-bond donors (Lipinski definition) is 0. The molecule has 1 aliphatic rings. The van der Waals surface area contributed by atoms with Gasteiger partial charge in [-0.25, -0.2) is 8.42 Å². The molecule has 1 saturated heterocycles. The zero-order valence-corrected chi connectivity index (χ0v) is 13.7. The largest absolute Gasteiger partial charge is 0.385 e. The smallest absolute Gasteiger partial charge is 0.175 e. The molecular weight excluding hydrogens is 286 g/mol. The summed E-state index contributed by atoms with van der Waals surface area (Å²) < 4.78 is 28.2. The average molecular weight is 311 g/mol. The van der Waals surface area contributed by atoms with Gasteiger partial charge in [-0.2, -0.15) is 0 Å². The van der Waals surface area contributed by atoms with Crippen LogP contribution >= 0.6 is 0 Å². The summed E-state index contributed by atoms with van der Waals surface area (Å²) >= 11 is 0. The van der Waals surface area contributed by atoms with Gasteiger partial charge in [0.15, 0.2) is 9.84 Å². The molecule has 0 aliphatic carbocycles. The van der Waals surface area contributed by atoms with Crippen molar-refractivity contribution < 1.29 is 13.2 Å². The van der Waals surface area contributed by atoms with Gasteiger partial charge in [-0.3, -0.25) is 4.90 Å². The normalized spacial score (nSPS) is 20.6. The van der Waals surface area contributed by atoms with E-state index in [4.69, 9.17) is 4.74 Å². The van der Waals surface area contributed by atoms with Gasteiger partial charge in [0.2, 0.25) is 0 Å². The lowest BCUT2D eigenvalue weighted by atomic mass is 9.99. The summed E-state index contributed by atoms with van der Waals surface area (Å²) in [5, 5.41) is 0. The lowest BCUT2D eigenvalue weighted by molar-refractivity contribution is 0.0974. The van der Waals surface area contributed by atoms with E-state index in [1.54, 1.807) is 19.2 Å². The second-order valence-electron chi connectivity index (χ2n) is 5.82. The molecule has 0 aromatic heterocycles. The Hall–Kier alpha value is -0.910. The molecule has 2 rings (SSSR count). The minimum Gasteiger partial charge on any atom is -0.385 e. The Bertz CT molecular complexity index is 539. The zero-order valence-electron chi connectivity index (χ0n) is 12.9. The number of piperidine rings is 1. The first-order valence-corrected chi connectivity index (χ1v) is 9.42. The van der Waals surface area contributed by atoms with Gasteiger partial charge in [-0.05, 0) is 43.5 Å². The van der Waals surface area contributed by atoms with E-state index in [-0.39, 0.29) is 0 Å². The molecule has 5 heteroatoms. The van der Waals surface area contributed by atoms with Crippen LogP contribution in [0.3, 0.4) is 0 Å². The number of hydrogen-bond acceptors (Lipinski definition) is 4. The summed E-state index contributed by atoms with van der Waals surface area (Å²) in [6.45, 7) is 2.80. The van der Waals surface area contributed by atoms with E-state index < -0.39 is 9.84 Å². The fourth-order valence-corrected chi connectivity index (χ4v) is 3.56. The van der Waals surface area contributed by atoms with Crippen molar-refractivity contribution in [2.45, 2.75) is 43.2 Å². The Morgan fingerprint density at radius 3 is 2.57 bits per heavy atom. The molecule has 4 nitrogen and oxygen atoms in total. The third-order valence-corrected chi connectivity index (χ3v) is 5.27. The van der Waals surface area contributed by atoms with Crippen LogP contribution in [0.25, 0.3) is 0 Å². The maximum Gasteiger partial charge on any atom is 0.175 e. The number of sulfone groups is 1. The molecule has 1 aliphatic heterocycles. The first kappa shape index (κ1) is 16.5. The summed E-state index contributed by atoms with van der Waals surface area (Å²) in [4.78, 5) is 2.89. The van der Waals surface area contributed by atoms with E-state index in [2.05, 4.69) is 4.90 Å². The lowest BCUT2D eigenvalue weighted by Crippen LogP contribution is -2.39. The summed E-state index contributed by atoms with van der Waals surface area (Å²) in [5.41, 5.74) is 1.17. The van der Waals surface area contributed by atoms with Crippen LogP contribution in [0.4, 0.5) is 0 Å². The second-order valence-corrected chi connectivity index (χ2v) is 7.83. The molecule has 0 unspecified atom stereocenters. The monoisotopic (exact) mass is 311 g/mol. The summed E-state index contributed by atoms with van der Waals surface area (Å²) in [7, 11) is -1.36. The fourth-order valence-electron chi connectivity index (χ4n) is 2.93. The number of rotatable bonds is 6. The van der Waals surface area contributed by atoms with Crippen LogP contribution in [0.5, 0.6) is 0 Å². The zero-order chi connectivity index (χ0) is 15.3. The molecule has 0 radical (unpaired) electrons. The van der Waals surface area contributed by atoms with E-state index in [1.807, 2.05) is 12.1 Å². The van der Waals surface area contributed by atoms with Gasteiger partial charge in [-0.15, -0.1) is 0 Å². The highest BCUT2D eigenvalue weighted by Crippen LogP contribution is 2.22. The van der Waals surface area contributed by atoms with Crippen molar-refractivity contribution in [3.63, 3.8) is 0 Å². The van der Waals surface area contributed by atoms with Gasteiger partial charge in [-0.1, -0.05) is 18.6 Å². The van der Waals surface area contributed by atoms with Crippen LogP contribution in [0.1, 0.15) is 31.2 Å². The molecular formula is C16H25NO3S. The quantitative estimate of drug-likeness (QED) is 0.810. The first-order valence-electron chi connectivity index (χ1n) is 7.52. The van der Waals surface area contributed by atoms with Crippen molar-refractivity contribution in [2.75, 3.05) is 26.5 Å². The van der Waals surface area contributed by atoms with Gasteiger partial charge >= 0.3 is 0 Å². The summed E-state index contributed by atoms with van der Waals surface area (Å²) in [6, 6.07) is 7.85. The molecule has 0 N–H and O–H groups in total. The molecule has 0 amide bonds. The highest BCUT2D eigenvalue weighted by molar-refractivity contribution is 7.90. The first-order chi connectivity index (χ1) is 10.0. The Labute approximate surface area is 128 Å². The van der Waals surface area contributed by atoms with Crippen LogP contribution in [-0.4, -0.2) is 45.9 Å². The molecule has 21 heavy (non-hydrogen) atoms. The van der Waals surface area contributed by atoms with Crippen LogP contribution in [-0.2, 0) is 21.1 Å². The molecule has 1 aromatic rings. The number of likely N-dealkylation sites (tertiary alicyclic amines) is 1. The van der Waals surface area contributed by atoms with Crippen molar-refractivity contribution in [1.82, 2.24) is 4.90 Å². The highest BCUT2D eigenvalue weighted by Gasteiger charge is 2.22. The number of methoxy groups -OCH3 is 1. The van der Waals surface area contributed by atoms with Gasteiger partial charge in [0, 0.05) is 32.6 Å². The van der Waals surface area contributed by atoms with Gasteiger partial charge in [0.05, 0.1) is 4.90 Å². The minimum absolute atomic E-state index is 0.390. The molecule has 1 aromatic carbocycles. The molecule has 118 valence electrons. The SMILES string of the molecule is COCC[C@H]1CCCCN1Cc1ccc(S(C)(=O)=O)cc1. The van der Waals surface area contributed by atoms with Crippen molar-refractivity contribution >= 4 is 9.84 Å². The Morgan fingerprint density at radius 2 is 1.95 bits per heavy atom. The summed E-state index contributed by atoms with van der Waals surface area (Å²) in [6.07, 6.45) is 6.07. The average Bonchev–Trinajstić information content (AvgIpc) is 2.46. The molecule has 1 fully saturated rings. The van der Waals surface area contributed by atoms with E-state index >= 15 is 0 Å². The van der Waals surface area contributed by atoms with Crippen molar-refractivity contribution in [3.8, 4) is 0 Å². The molecule has 0 bridgehead atoms. The maximum atomic E-state index is 11.5. The van der Waals surface area contributed by atoms with E-state index in [0.717, 1.165) is 26.1 Å². The second kappa shape index (κ2) is 7.38. The van der Waals surface area contributed by atoms with Crippen LogP contribution < -0.4 is 0 Å². The Kier molecular flexibility index (Phi) is 5.79. The highest BCUT2D eigenvalue weighted by atomic mass is 32.2. The van der Waals surface area contributed by atoms with E-state index in [0.29, 0.717) is 10.9 Å². The number of nitrogens with zero attached hydrogens (tertiary/aromatic N) is 1. The van der Waals surface area contributed by atoms with Crippen molar-refractivity contribution in [2.24, 2.45) is 0 Å². The lowest BCUT2D eigenvalue weighted by Gasteiger charge is -2.35. The number of ether oxygens (including phenoxy) is 1. The Morgan fingerprint density at radius 1 is 1.24 bits per heavy atom. The van der Waals surface area contributed by atoms with E-state index in [1.165, 1.54) is 31.1 Å². The predicted octanol–water partition coefficient (Wildman–Crippen LogP) is 2.48. The van der Waals surface area contributed by atoms with Gasteiger partial charge < -0.3 is 4.74 Å². The summed E-state index contributed by atoms with van der Waals surface area (Å²) in [5.74, 6) is 0. The number of benzene rings is 1. The van der Waals surface area contributed by atoms with Gasteiger partial charge in [0.25, 0.3) is 0 Å². The molecule has 0 saturated carbocycles. The molecule has 1 atom stereocenters. The fraction of sp³-hybridized carbons (Fsp3) is 0.625. The van der Waals surface area contributed by atoms with Crippen molar-refractivity contribution in [3.05, 3.63) is 29.8 Å². The third kappa shape index (κ3) is 4.80. The van der Waals surface area contributed by atoms with Crippen LogP contribution in [0.15, 0.2) is 29.2 Å².